The third-order valence-electron chi connectivity index (χ3n) is 4.27. The second kappa shape index (κ2) is 6.73. The summed E-state index contributed by atoms with van der Waals surface area (Å²) in [4.78, 5) is 29.9. The molecular weight excluding hydrogens is 278 g/mol. The maximum absolute atomic E-state index is 12.1. The van der Waals surface area contributed by atoms with Gasteiger partial charge in [-0.2, -0.15) is 0 Å². The Balaban J connectivity index is 1.59. The average molecular weight is 299 g/mol. The molecule has 0 spiro atoms. The van der Waals surface area contributed by atoms with Crippen LogP contribution in [0.15, 0.2) is 30.5 Å². The minimum atomic E-state index is 0.0893. The number of carbonyl (C=O) groups is 2. The van der Waals surface area contributed by atoms with Crippen LogP contribution in [0.5, 0.6) is 0 Å². The van der Waals surface area contributed by atoms with Gasteiger partial charge in [0.15, 0.2) is 0 Å². The minimum Gasteiger partial charge on any atom is -0.352 e. The molecule has 5 heteroatoms. The molecule has 1 unspecified atom stereocenters. The number of nitrogens with one attached hydrogen (secondary N) is 1. The van der Waals surface area contributed by atoms with Gasteiger partial charge in [-0.05, 0) is 43.4 Å². The van der Waals surface area contributed by atoms with E-state index in [-0.39, 0.29) is 17.7 Å². The van der Waals surface area contributed by atoms with E-state index in [1.807, 2.05) is 12.1 Å². The number of hydrogen-bond acceptors (Lipinski definition) is 3. The first-order valence-electron chi connectivity index (χ1n) is 7.92. The van der Waals surface area contributed by atoms with Crippen molar-refractivity contribution >= 4 is 17.6 Å². The molecule has 1 saturated heterocycles. The van der Waals surface area contributed by atoms with Crippen molar-refractivity contribution in [1.82, 2.24) is 10.3 Å². The van der Waals surface area contributed by atoms with E-state index in [2.05, 4.69) is 22.5 Å². The van der Waals surface area contributed by atoms with Crippen molar-refractivity contribution in [3.05, 3.63) is 36.0 Å². The number of amides is 2. The molecule has 1 fully saturated rings. The maximum Gasteiger partial charge on any atom is 0.228 e. The van der Waals surface area contributed by atoms with Gasteiger partial charge in [0.1, 0.15) is 5.82 Å². The van der Waals surface area contributed by atoms with Crippen molar-refractivity contribution in [2.24, 2.45) is 5.92 Å². The average Bonchev–Trinajstić information content (AvgIpc) is 3.00. The Morgan fingerprint density at radius 3 is 3.05 bits per heavy atom. The number of carbonyl (C=O) groups excluding carboxylic acids is 2. The van der Waals surface area contributed by atoms with Crippen molar-refractivity contribution in [3.8, 4) is 0 Å². The monoisotopic (exact) mass is 299 g/mol. The van der Waals surface area contributed by atoms with Crippen LogP contribution in [0.25, 0.3) is 0 Å². The lowest BCUT2D eigenvalue weighted by molar-refractivity contribution is -0.125. The molecule has 1 aliphatic heterocycles. The number of pyridine rings is 1. The van der Waals surface area contributed by atoms with E-state index < -0.39 is 0 Å². The Hall–Kier alpha value is -2.17. The maximum atomic E-state index is 12.1. The van der Waals surface area contributed by atoms with Crippen molar-refractivity contribution in [3.63, 3.8) is 0 Å². The quantitative estimate of drug-likeness (QED) is 0.867. The first-order chi connectivity index (χ1) is 10.7. The standard InChI is InChI=1S/C17H21N3O2/c21-16-7-4-10-20(16)15-11-13(8-9-18-15)12-19-17(22)14-5-2-1-3-6-14/h1-2,8-9,11,14H,3-7,10,12H2,(H,19,22). The summed E-state index contributed by atoms with van der Waals surface area (Å²) in [6, 6.07) is 3.77. The fourth-order valence-corrected chi connectivity index (χ4v) is 2.97. The zero-order valence-corrected chi connectivity index (χ0v) is 12.6. The summed E-state index contributed by atoms with van der Waals surface area (Å²) in [7, 11) is 0. The van der Waals surface area contributed by atoms with Crippen LogP contribution >= 0.6 is 0 Å². The fourth-order valence-electron chi connectivity index (χ4n) is 2.97. The van der Waals surface area contributed by atoms with Crippen molar-refractivity contribution in [2.75, 3.05) is 11.4 Å². The van der Waals surface area contributed by atoms with Gasteiger partial charge in [0.2, 0.25) is 11.8 Å². The fraction of sp³-hybridized carbons (Fsp3) is 0.471. The highest BCUT2D eigenvalue weighted by Crippen LogP contribution is 2.20. The van der Waals surface area contributed by atoms with E-state index in [1.54, 1.807) is 11.1 Å². The summed E-state index contributed by atoms with van der Waals surface area (Å²) >= 11 is 0. The minimum absolute atomic E-state index is 0.0893. The molecule has 1 atom stereocenters. The Kier molecular flexibility index (Phi) is 4.51. The van der Waals surface area contributed by atoms with E-state index >= 15 is 0 Å². The molecule has 116 valence electrons. The van der Waals surface area contributed by atoms with E-state index in [4.69, 9.17) is 0 Å². The summed E-state index contributed by atoms with van der Waals surface area (Å²) in [5.74, 6) is 1.02. The van der Waals surface area contributed by atoms with Gasteiger partial charge in [-0.3, -0.25) is 14.5 Å². The normalized spacial score (nSPS) is 21.2. The zero-order chi connectivity index (χ0) is 15.4. The van der Waals surface area contributed by atoms with Gasteiger partial charge in [0.05, 0.1) is 0 Å². The van der Waals surface area contributed by atoms with Crippen molar-refractivity contribution in [1.29, 1.82) is 0 Å². The third kappa shape index (κ3) is 3.35. The third-order valence-corrected chi connectivity index (χ3v) is 4.27. The van der Waals surface area contributed by atoms with E-state index in [1.165, 1.54) is 0 Å². The Bertz CT molecular complexity index is 597. The molecule has 1 aromatic rings. The van der Waals surface area contributed by atoms with E-state index in [9.17, 15) is 9.59 Å². The number of hydrogen-bond donors (Lipinski definition) is 1. The number of anilines is 1. The molecule has 0 aromatic carbocycles. The van der Waals surface area contributed by atoms with Gasteiger partial charge < -0.3 is 5.32 Å². The second-order valence-electron chi connectivity index (χ2n) is 5.87. The highest BCUT2D eigenvalue weighted by atomic mass is 16.2. The van der Waals surface area contributed by atoms with Crippen molar-refractivity contribution < 1.29 is 9.59 Å². The van der Waals surface area contributed by atoms with Crippen LogP contribution in [-0.4, -0.2) is 23.3 Å². The van der Waals surface area contributed by atoms with Gasteiger partial charge in [-0.15, -0.1) is 0 Å². The van der Waals surface area contributed by atoms with Crippen LogP contribution in [0, 0.1) is 5.92 Å². The van der Waals surface area contributed by atoms with E-state index in [0.717, 1.165) is 37.8 Å². The van der Waals surface area contributed by atoms with Gasteiger partial charge in [0, 0.05) is 31.6 Å². The lowest BCUT2D eigenvalue weighted by Crippen LogP contribution is -2.31. The predicted octanol–water partition coefficient (Wildman–Crippen LogP) is 2.18. The summed E-state index contributed by atoms with van der Waals surface area (Å²) in [6.45, 7) is 1.21. The molecule has 1 aromatic heterocycles. The molecular formula is C17H21N3O2. The number of aromatic nitrogens is 1. The topological polar surface area (TPSA) is 62.3 Å². The Labute approximate surface area is 130 Å². The van der Waals surface area contributed by atoms with Gasteiger partial charge in [-0.1, -0.05) is 12.2 Å². The first-order valence-corrected chi connectivity index (χ1v) is 7.92. The van der Waals surface area contributed by atoms with Crippen LogP contribution < -0.4 is 10.2 Å². The number of nitrogens with zero attached hydrogens (tertiary/aromatic N) is 2. The molecule has 2 aliphatic rings. The molecule has 2 amide bonds. The molecule has 5 nitrogen and oxygen atoms in total. The molecule has 2 heterocycles. The number of allylic oxidation sites excluding steroid dienone is 2. The van der Waals surface area contributed by atoms with Crippen LogP contribution in [-0.2, 0) is 16.1 Å². The number of rotatable bonds is 4. The van der Waals surface area contributed by atoms with E-state index in [0.29, 0.717) is 18.8 Å². The summed E-state index contributed by atoms with van der Waals surface area (Å²) in [5.41, 5.74) is 0.976. The lowest BCUT2D eigenvalue weighted by Gasteiger charge is -2.18. The molecule has 0 saturated carbocycles. The lowest BCUT2D eigenvalue weighted by atomic mass is 9.93. The molecule has 22 heavy (non-hydrogen) atoms. The summed E-state index contributed by atoms with van der Waals surface area (Å²) in [5, 5.41) is 2.99. The van der Waals surface area contributed by atoms with Gasteiger partial charge in [-0.25, -0.2) is 4.98 Å². The SMILES string of the molecule is O=C(NCc1ccnc(N2CCCC2=O)c1)C1CC=CCC1. The summed E-state index contributed by atoms with van der Waals surface area (Å²) in [6.07, 6.45) is 10.1. The highest BCUT2D eigenvalue weighted by molar-refractivity contribution is 5.94. The van der Waals surface area contributed by atoms with Gasteiger partial charge in [0.25, 0.3) is 0 Å². The second-order valence-corrected chi connectivity index (χ2v) is 5.87. The first kappa shape index (κ1) is 14.8. The molecule has 3 rings (SSSR count). The smallest absolute Gasteiger partial charge is 0.228 e. The Morgan fingerprint density at radius 2 is 2.32 bits per heavy atom. The van der Waals surface area contributed by atoms with Crippen LogP contribution in [0.2, 0.25) is 0 Å². The highest BCUT2D eigenvalue weighted by Gasteiger charge is 2.23. The zero-order valence-electron chi connectivity index (χ0n) is 12.6. The molecule has 0 radical (unpaired) electrons. The van der Waals surface area contributed by atoms with Crippen LogP contribution in [0.4, 0.5) is 5.82 Å². The van der Waals surface area contributed by atoms with Crippen molar-refractivity contribution in [2.45, 2.75) is 38.6 Å². The summed E-state index contributed by atoms with van der Waals surface area (Å²) < 4.78 is 0. The Morgan fingerprint density at radius 1 is 1.41 bits per heavy atom. The van der Waals surface area contributed by atoms with Gasteiger partial charge >= 0.3 is 0 Å². The molecule has 1 N–H and O–H groups in total. The van der Waals surface area contributed by atoms with Crippen LogP contribution in [0.3, 0.4) is 0 Å². The molecule has 1 aliphatic carbocycles. The molecule has 0 bridgehead atoms. The van der Waals surface area contributed by atoms with Crippen LogP contribution in [0.1, 0.15) is 37.7 Å². The predicted molar refractivity (Wildman–Crippen MR) is 84.2 cm³/mol. The largest absolute Gasteiger partial charge is 0.352 e.